The van der Waals surface area contributed by atoms with Crippen LogP contribution in [0.4, 0.5) is 5.13 Å². The number of fused-ring (bicyclic) bond motifs is 1. The fraction of sp³-hybridized carbons (Fsp3) is 0.357. The summed E-state index contributed by atoms with van der Waals surface area (Å²) in [5.41, 5.74) is 6.27. The fourth-order valence-electron chi connectivity index (χ4n) is 2.68. The molecule has 4 N–H and O–H groups in total. The Balaban J connectivity index is 1.78. The van der Waals surface area contributed by atoms with Gasteiger partial charge in [-0.15, -0.1) is 23.1 Å². The maximum atomic E-state index is 12.5. The van der Waals surface area contributed by atoms with Crippen LogP contribution in [0.15, 0.2) is 21.8 Å². The number of nitrogens with one attached hydrogen (secondary N) is 1. The van der Waals surface area contributed by atoms with E-state index in [1.165, 1.54) is 23.8 Å². The number of aromatic nitrogens is 1. The molecular formula is C14H15N5O5S2. The van der Waals surface area contributed by atoms with Crippen molar-refractivity contribution in [3.05, 3.63) is 22.3 Å². The lowest BCUT2D eigenvalue weighted by molar-refractivity contribution is -0.150. The molecule has 12 heteroatoms. The van der Waals surface area contributed by atoms with Crippen molar-refractivity contribution >= 4 is 51.7 Å². The third kappa shape index (κ3) is 3.01. The van der Waals surface area contributed by atoms with Crippen LogP contribution >= 0.6 is 23.1 Å². The Morgan fingerprint density at radius 1 is 1.54 bits per heavy atom. The zero-order valence-corrected chi connectivity index (χ0v) is 15.4. The number of oxime groups is 1. The number of carbonyl (C=O) groups excluding carboxylic acids is 2. The first kappa shape index (κ1) is 18.2. The molecule has 0 bridgehead atoms. The number of β-lactam (4-membered cyclic amide) rings is 1. The van der Waals surface area contributed by atoms with E-state index in [1.807, 2.05) is 0 Å². The van der Waals surface area contributed by atoms with Gasteiger partial charge in [0.15, 0.2) is 10.8 Å². The Bertz CT molecular complexity index is 849. The Morgan fingerprint density at radius 3 is 2.85 bits per heavy atom. The molecule has 1 fully saturated rings. The van der Waals surface area contributed by atoms with Crippen molar-refractivity contribution in [3.8, 4) is 0 Å². The quantitative estimate of drug-likeness (QED) is 0.353. The van der Waals surface area contributed by atoms with Gasteiger partial charge >= 0.3 is 5.97 Å². The molecule has 0 radical (unpaired) electrons. The third-order valence-corrected chi connectivity index (χ3v) is 5.91. The number of rotatable bonds is 5. The van der Waals surface area contributed by atoms with Gasteiger partial charge in [0.05, 0.1) is 0 Å². The second-order valence-corrected chi connectivity index (χ2v) is 7.48. The van der Waals surface area contributed by atoms with Gasteiger partial charge in [-0.2, -0.15) is 0 Å². The van der Waals surface area contributed by atoms with Crippen LogP contribution in [0.25, 0.3) is 0 Å². The van der Waals surface area contributed by atoms with Gasteiger partial charge in [0, 0.05) is 11.1 Å². The van der Waals surface area contributed by atoms with Gasteiger partial charge in [-0.25, -0.2) is 9.78 Å². The molecule has 2 amide bonds. The molecule has 2 aliphatic heterocycles. The first-order chi connectivity index (χ1) is 12.3. The van der Waals surface area contributed by atoms with Crippen LogP contribution < -0.4 is 11.1 Å². The third-order valence-electron chi connectivity index (χ3n) is 3.81. The van der Waals surface area contributed by atoms with E-state index in [1.54, 1.807) is 12.3 Å². The normalized spacial score (nSPS) is 22.6. The summed E-state index contributed by atoms with van der Waals surface area (Å²) in [5.74, 6) is -1.84. The van der Waals surface area contributed by atoms with Gasteiger partial charge in [-0.05, 0) is 12.5 Å². The van der Waals surface area contributed by atoms with Gasteiger partial charge in [-0.3, -0.25) is 14.5 Å². The molecule has 1 aromatic rings. The summed E-state index contributed by atoms with van der Waals surface area (Å²) in [6.45, 7) is 1.67. The molecule has 0 aromatic carbocycles. The molecule has 10 nitrogen and oxygen atoms in total. The Kier molecular flexibility index (Phi) is 4.87. The molecule has 3 rings (SSSR count). The number of thioether (sulfide) groups is 1. The summed E-state index contributed by atoms with van der Waals surface area (Å²) >= 11 is 2.52. The number of carboxylic acids is 1. The number of hydrogen-bond donors (Lipinski definition) is 3. The highest BCUT2D eigenvalue weighted by molar-refractivity contribution is 8.00. The first-order valence-corrected chi connectivity index (χ1v) is 9.29. The molecule has 0 spiro atoms. The van der Waals surface area contributed by atoms with Gasteiger partial charge in [0.25, 0.3) is 11.8 Å². The van der Waals surface area contributed by atoms with E-state index in [4.69, 9.17) is 5.73 Å². The summed E-state index contributed by atoms with van der Waals surface area (Å²) in [4.78, 5) is 46.2. The van der Waals surface area contributed by atoms with Crippen molar-refractivity contribution < 1.29 is 24.3 Å². The highest BCUT2D eigenvalue weighted by atomic mass is 32.2. The average molecular weight is 397 g/mol. The molecule has 1 saturated heterocycles. The minimum absolute atomic E-state index is 0.0256. The smallest absolute Gasteiger partial charge is 0.352 e. The SMILES string of the molecule is CO/N=C(/C(=O)NC1C(=O)N2C(C(=O)O)=C(C)CSC12)c1csc(N)n1. The topological polar surface area (TPSA) is 147 Å². The number of hydrogen-bond acceptors (Lipinski definition) is 9. The predicted octanol–water partition coefficient (Wildman–Crippen LogP) is -0.166. The van der Waals surface area contributed by atoms with E-state index >= 15 is 0 Å². The number of nitrogens with two attached hydrogens (primary N) is 1. The van der Waals surface area contributed by atoms with Crippen LogP contribution in [-0.2, 0) is 19.2 Å². The largest absolute Gasteiger partial charge is 0.477 e. The molecule has 2 aliphatic rings. The van der Waals surface area contributed by atoms with E-state index in [0.29, 0.717) is 11.3 Å². The highest BCUT2D eigenvalue weighted by Crippen LogP contribution is 2.40. The average Bonchev–Trinajstić information content (AvgIpc) is 3.02. The summed E-state index contributed by atoms with van der Waals surface area (Å²) in [6, 6.07) is -0.854. The molecule has 26 heavy (non-hydrogen) atoms. The molecule has 1 aromatic heterocycles. The van der Waals surface area contributed by atoms with Gasteiger partial charge < -0.3 is 21.0 Å². The van der Waals surface area contributed by atoms with Crippen LogP contribution in [-0.4, -0.2) is 62.8 Å². The van der Waals surface area contributed by atoms with Crippen molar-refractivity contribution in [2.75, 3.05) is 18.6 Å². The van der Waals surface area contributed by atoms with Crippen molar-refractivity contribution in [2.24, 2.45) is 5.16 Å². The number of anilines is 1. The molecule has 2 unspecified atom stereocenters. The standard InChI is InChI=1S/C14H15N5O5S2/c1-5-3-25-12-8(11(21)19(12)9(5)13(22)23)17-10(20)7(18-24-2)6-4-26-14(15)16-6/h4,8,12H,3H2,1-2H3,(H2,15,16)(H,17,20)(H,22,23)/b18-7+. The summed E-state index contributed by atoms with van der Waals surface area (Å²) in [6.07, 6.45) is 0. The Labute approximate surface area is 156 Å². The minimum Gasteiger partial charge on any atom is -0.477 e. The lowest BCUT2D eigenvalue weighted by Crippen LogP contribution is -2.71. The zero-order valence-electron chi connectivity index (χ0n) is 13.8. The monoisotopic (exact) mass is 397 g/mol. The first-order valence-electron chi connectivity index (χ1n) is 7.36. The second-order valence-electron chi connectivity index (χ2n) is 5.49. The fourth-order valence-corrected chi connectivity index (χ4v) is 4.52. The zero-order chi connectivity index (χ0) is 19.0. The van der Waals surface area contributed by atoms with Gasteiger partial charge in [-0.1, -0.05) is 5.16 Å². The van der Waals surface area contributed by atoms with E-state index < -0.39 is 29.2 Å². The van der Waals surface area contributed by atoms with Crippen LogP contribution in [0, 0.1) is 0 Å². The number of amides is 2. The lowest BCUT2D eigenvalue weighted by Gasteiger charge is -2.49. The van der Waals surface area contributed by atoms with Crippen LogP contribution in [0.1, 0.15) is 12.6 Å². The van der Waals surface area contributed by atoms with Crippen molar-refractivity contribution in [1.29, 1.82) is 0 Å². The van der Waals surface area contributed by atoms with Crippen LogP contribution in [0.2, 0.25) is 0 Å². The number of carbonyl (C=O) groups is 3. The van der Waals surface area contributed by atoms with E-state index in [2.05, 4.69) is 20.3 Å². The number of carboxylic acid groups (broad SMARTS) is 1. The lowest BCUT2D eigenvalue weighted by atomic mass is 10.0. The molecular weight excluding hydrogens is 382 g/mol. The molecule has 0 saturated carbocycles. The van der Waals surface area contributed by atoms with Crippen molar-refractivity contribution in [1.82, 2.24) is 15.2 Å². The predicted molar refractivity (Wildman–Crippen MR) is 95.4 cm³/mol. The van der Waals surface area contributed by atoms with E-state index in [0.717, 1.165) is 11.3 Å². The maximum absolute atomic E-state index is 12.5. The Morgan fingerprint density at radius 2 is 2.27 bits per heavy atom. The number of nitrogen functional groups attached to an aromatic ring is 1. The molecule has 138 valence electrons. The summed E-state index contributed by atoms with van der Waals surface area (Å²) in [7, 11) is 1.28. The van der Waals surface area contributed by atoms with Crippen LogP contribution in [0.3, 0.4) is 0 Å². The summed E-state index contributed by atoms with van der Waals surface area (Å²) < 4.78 is 0. The summed E-state index contributed by atoms with van der Waals surface area (Å²) in [5, 5.41) is 16.9. The minimum atomic E-state index is -1.16. The van der Waals surface area contributed by atoms with Gasteiger partial charge in [0.2, 0.25) is 0 Å². The van der Waals surface area contributed by atoms with Crippen molar-refractivity contribution in [2.45, 2.75) is 18.3 Å². The number of nitrogens with zero attached hydrogens (tertiary/aromatic N) is 3. The maximum Gasteiger partial charge on any atom is 0.352 e. The van der Waals surface area contributed by atoms with Crippen molar-refractivity contribution in [3.63, 3.8) is 0 Å². The van der Waals surface area contributed by atoms with E-state index in [-0.39, 0.29) is 22.2 Å². The molecule has 2 atom stereocenters. The van der Waals surface area contributed by atoms with E-state index in [9.17, 15) is 19.5 Å². The van der Waals surface area contributed by atoms with Gasteiger partial charge in [0.1, 0.15) is 29.9 Å². The molecule has 0 aliphatic carbocycles. The molecule has 3 heterocycles. The number of thiazole rings is 1. The number of aliphatic carboxylic acids is 1. The Hall–Kier alpha value is -2.60. The van der Waals surface area contributed by atoms with Crippen LogP contribution in [0.5, 0.6) is 0 Å². The highest BCUT2D eigenvalue weighted by Gasteiger charge is 2.54. The second kappa shape index (κ2) is 6.96.